The Hall–Kier alpha value is -3.42. The van der Waals surface area contributed by atoms with Crippen LogP contribution >= 0.6 is 0 Å². The Bertz CT molecular complexity index is 1700. The van der Waals surface area contributed by atoms with Crippen molar-refractivity contribution in [3.63, 3.8) is 0 Å². The molecule has 1 aliphatic rings. The molecule has 472 valence electrons. The molecule has 0 bridgehead atoms. The van der Waals surface area contributed by atoms with Crippen LogP contribution < -0.4 is 5.32 Å². The number of aliphatic hydroxyl groups is 5. The van der Waals surface area contributed by atoms with Crippen LogP contribution in [0.25, 0.3) is 0 Å². The zero-order chi connectivity index (χ0) is 59.6. The first-order chi connectivity index (χ1) is 40.2. The van der Waals surface area contributed by atoms with E-state index in [4.69, 9.17) is 14.2 Å². The van der Waals surface area contributed by atoms with Crippen LogP contribution in [-0.4, -0.2) is 99.6 Å². The van der Waals surface area contributed by atoms with Crippen LogP contribution in [0.5, 0.6) is 0 Å². The van der Waals surface area contributed by atoms with Crippen molar-refractivity contribution in [1.82, 2.24) is 5.32 Å². The lowest BCUT2D eigenvalue weighted by atomic mass is 9.99. The summed E-state index contributed by atoms with van der Waals surface area (Å²) in [7, 11) is 0. The molecule has 0 aromatic rings. The first-order valence-corrected chi connectivity index (χ1v) is 33.5. The van der Waals surface area contributed by atoms with Gasteiger partial charge in [-0.3, -0.25) is 9.59 Å². The van der Waals surface area contributed by atoms with E-state index in [1.807, 2.05) is 6.08 Å². The molecule has 0 saturated carbocycles. The molecular weight excluding hydrogens is 1030 g/mol. The topological polar surface area (TPSA) is 175 Å². The Labute approximate surface area is 501 Å². The largest absolute Gasteiger partial charge is 0.454 e. The Morgan fingerprint density at radius 1 is 0.488 bits per heavy atom. The minimum absolute atomic E-state index is 0.0893. The van der Waals surface area contributed by atoms with Gasteiger partial charge in [0, 0.05) is 6.42 Å². The molecule has 1 aliphatic heterocycles. The molecule has 0 aromatic heterocycles. The standard InChI is InChI=1S/C71H123NO10/c1-4-7-10-13-16-19-22-25-27-29-31-32-33-34-35-37-39-41-44-47-50-53-56-59-66(76)82-69-68(78)67(77)65(60-73)81-71(69)80-61-62(63(74)57-54-51-48-45-42-24-21-18-15-12-9-6-3)72-70(79)64(75)58-55-52-49-46-43-40-38-36-30-28-26-23-20-17-14-11-8-5-2/h7,10,16,19,25-28,31-32,34-35,39,41,54,57,62-65,67-69,71,73-75,77-78H,4-6,8-9,11-15,17-18,20-24,29-30,33,36-38,40,42-53,55-56,58-61H2,1-3H3,(H,72,79)/b10-7-,19-16-,27-25-,28-26+,32-31-,35-34-,41-39-,57-54+. The lowest BCUT2D eigenvalue weighted by Crippen LogP contribution is -2.61. The summed E-state index contributed by atoms with van der Waals surface area (Å²) in [5.74, 6) is -1.22. The third kappa shape index (κ3) is 45.0. The molecule has 1 amide bonds. The third-order valence-electron chi connectivity index (χ3n) is 15.2. The Morgan fingerprint density at radius 3 is 1.33 bits per heavy atom. The van der Waals surface area contributed by atoms with Crippen molar-refractivity contribution in [2.24, 2.45) is 0 Å². The smallest absolute Gasteiger partial charge is 0.306 e. The van der Waals surface area contributed by atoms with E-state index >= 15 is 0 Å². The lowest BCUT2D eigenvalue weighted by molar-refractivity contribution is -0.305. The van der Waals surface area contributed by atoms with E-state index in [0.717, 1.165) is 109 Å². The normalized spacial score (nSPS) is 19.2. The van der Waals surface area contributed by atoms with Gasteiger partial charge in [0.15, 0.2) is 12.4 Å². The molecule has 11 nitrogen and oxygen atoms in total. The highest BCUT2D eigenvalue weighted by atomic mass is 16.7. The fourth-order valence-corrected chi connectivity index (χ4v) is 9.94. The molecule has 6 N–H and O–H groups in total. The summed E-state index contributed by atoms with van der Waals surface area (Å²) in [5, 5.41) is 57.1. The molecule has 8 atom stereocenters. The predicted octanol–water partition coefficient (Wildman–Crippen LogP) is 16.7. The van der Waals surface area contributed by atoms with Crippen molar-refractivity contribution in [1.29, 1.82) is 0 Å². The minimum atomic E-state index is -1.63. The number of amides is 1. The van der Waals surface area contributed by atoms with E-state index in [0.29, 0.717) is 12.8 Å². The highest BCUT2D eigenvalue weighted by Crippen LogP contribution is 2.26. The van der Waals surface area contributed by atoms with E-state index in [2.05, 4.69) is 111 Å². The number of hydrogen-bond acceptors (Lipinski definition) is 10. The molecule has 82 heavy (non-hydrogen) atoms. The number of rotatable bonds is 56. The molecule has 1 saturated heterocycles. The maximum atomic E-state index is 13.5. The molecule has 0 radical (unpaired) electrons. The van der Waals surface area contributed by atoms with Crippen molar-refractivity contribution in [3.05, 3.63) is 97.2 Å². The average Bonchev–Trinajstić information content (AvgIpc) is 3.44. The van der Waals surface area contributed by atoms with Crippen molar-refractivity contribution in [3.8, 4) is 0 Å². The fourth-order valence-electron chi connectivity index (χ4n) is 9.94. The summed E-state index contributed by atoms with van der Waals surface area (Å²) in [4.78, 5) is 26.6. The average molecular weight is 1150 g/mol. The van der Waals surface area contributed by atoms with E-state index in [1.165, 1.54) is 122 Å². The summed E-state index contributed by atoms with van der Waals surface area (Å²) in [6.45, 7) is 5.67. The first-order valence-electron chi connectivity index (χ1n) is 33.5. The van der Waals surface area contributed by atoms with Gasteiger partial charge in [-0.15, -0.1) is 0 Å². The van der Waals surface area contributed by atoms with Gasteiger partial charge in [0.2, 0.25) is 5.91 Å². The van der Waals surface area contributed by atoms with Gasteiger partial charge >= 0.3 is 5.97 Å². The number of ether oxygens (including phenoxy) is 3. The van der Waals surface area contributed by atoms with E-state index in [1.54, 1.807) is 6.08 Å². The Kier molecular flexibility index (Phi) is 54.2. The third-order valence-corrected chi connectivity index (χ3v) is 15.2. The van der Waals surface area contributed by atoms with Crippen LogP contribution in [0.3, 0.4) is 0 Å². The summed E-state index contributed by atoms with van der Waals surface area (Å²) in [5.41, 5.74) is 0. The van der Waals surface area contributed by atoms with Gasteiger partial charge in [0.25, 0.3) is 0 Å². The number of unbranched alkanes of at least 4 members (excludes halogenated alkanes) is 28. The van der Waals surface area contributed by atoms with Crippen LogP contribution in [0.1, 0.15) is 278 Å². The van der Waals surface area contributed by atoms with Gasteiger partial charge in [-0.25, -0.2) is 0 Å². The SMILES string of the molecule is CC/C=C\C/C=C\C/C=C\C/C=C\C/C=C\C/C=C\CCCCCCC(=O)OC1C(OCC(NC(=O)C(O)CCCCCCCCCC/C=C/CCCCCCCC)C(O)/C=C/CCCCCCCCCCCC)OC(CO)C(O)C1O. The van der Waals surface area contributed by atoms with Gasteiger partial charge < -0.3 is 45.1 Å². The zero-order valence-electron chi connectivity index (χ0n) is 52.3. The maximum absolute atomic E-state index is 13.5. The molecule has 11 heteroatoms. The number of esters is 1. The summed E-state index contributed by atoms with van der Waals surface area (Å²) >= 11 is 0. The number of carbonyl (C=O) groups excluding carboxylic acids is 2. The van der Waals surface area contributed by atoms with E-state index in [9.17, 15) is 35.1 Å². The van der Waals surface area contributed by atoms with E-state index in [-0.39, 0.29) is 19.4 Å². The van der Waals surface area contributed by atoms with Gasteiger partial charge in [0.1, 0.15) is 24.4 Å². The number of aliphatic hydroxyl groups excluding tert-OH is 5. The first kappa shape index (κ1) is 76.6. The van der Waals surface area contributed by atoms with Gasteiger partial charge in [-0.05, 0) is 103 Å². The second-order valence-electron chi connectivity index (χ2n) is 22.8. The van der Waals surface area contributed by atoms with Crippen molar-refractivity contribution < 1.29 is 49.3 Å². The highest BCUT2D eigenvalue weighted by molar-refractivity contribution is 5.80. The van der Waals surface area contributed by atoms with Crippen molar-refractivity contribution in [2.75, 3.05) is 13.2 Å². The van der Waals surface area contributed by atoms with Gasteiger partial charge in [0.05, 0.1) is 25.4 Å². The molecule has 1 heterocycles. The number of nitrogens with one attached hydrogen (secondary N) is 1. The molecule has 0 aliphatic carbocycles. The molecule has 0 spiro atoms. The van der Waals surface area contributed by atoms with Crippen LogP contribution in [0.4, 0.5) is 0 Å². The van der Waals surface area contributed by atoms with Crippen LogP contribution in [0.2, 0.25) is 0 Å². The summed E-state index contributed by atoms with van der Waals surface area (Å²) < 4.78 is 17.6. The number of allylic oxidation sites excluding steroid dienone is 15. The second-order valence-corrected chi connectivity index (χ2v) is 22.8. The number of hydrogen-bond donors (Lipinski definition) is 6. The van der Waals surface area contributed by atoms with Crippen molar-refractivity contribution >= 4 is 11.9 Å². The van der Waals surface area contributed by atoms with Crippen LogP contribution in [0, 0.1) is 0 Å². The molecule has 8 unspecified atom stereocenters. The van der Waals surface area contributed by atoms with Crippen molar-refractivity contribution in [2.45, 2.75) is 327 Å². The van der Waals surface area contributed by atoms with Crippen LogP contribution in [0.15, 0.2) is 97.2 Å². The predicted molar refractivity (Wildman–Crippen MR) is 342 cm³/mol. The molecule has 0 aromatic carbocycles. The maximum Gasteiger partial charge on any atom is 0.306 e. The lowest BCUT2D eigenvalue weighted by Gasteiger charge is -2.41. The van der Waals surface area contributed by atoms with E-state index < -0.39 is 67.4 Å². The minimum Gasteiger partial charge on any atom is -0.454 e. The summed E-state index contributed by atoms with van der Waals surface area (Å²) in [6, 6.07) is -1.04. The molecule has 1 fully saturated rings. The molecule has 1 rings (SSSR count). The highest BCUT2D eigenvalue weighted by Gasteiger charge is 2.47. The Morgan fingerprint density at radius 2 is 0.878 bits per heavy atom. The second kappa shape index (κ2) is 58.0. The zero-order valence-corrected chi connectivity index (χ0v) is 52.3. The fraction of sp³-hybridized carbons (Fsp3) is 0.746. The van der Waals surface area contributed by atoms with Gasteiger partial charge in [-0.1, -0.05) is 266 Å². The van der Waals surface area contributed by atoms with Gasteiger partial charge in [-0.2, -0.15) is 0 Å². The van der Waals surface area contributed by atoms with Crippen LogP contribution in [-0.2, 0) is 23.8 Å². The monoisotopic (exact) mass is 1150 g/mol. The molecular formula is C71H123NO10. The quantitative estimate of drug-likeness (QED) is 0.0195. The number of carbonyl (C=O) groups is 2. The Balaban J connectivity index is 2.65. The summed E-state index contributed by atoms with van der Waals surface area (Å²) in [6.07, 6.45) is 67.2.